The van der Waals surface area contributed by atoms with Gasteiger partial charge in [0.1, 0.15) is 5.82 Å². The second-order valence-corrected chi connectivity index (χ2v) is 4.34. The van der Waals surface area contributed by atoms with Crippen LogP contribution in [0.1, 0.15) is 24.8 Å². The van der Waals surface area contributed by atoms with Crippen molar-refractivity contribution < 1.29 is 8.91 Å². The van der Waals surface area contributed by atoms with Crippen LogP contribution in [0.5, 0.6) is 0 Å². The number of rotatable bonds is 4. The quantitative estimate of drug-likeness (QED) is 0.904. The van der Waals surface area contributed by atoms with E-state index in [0.717, 1.165) is 17.5 Å². The van der Waals surface area contributed by atoms with E-state index < -0.39 is 0 Å². The van der Waals surface area contributed by atoms with E-state index in [1.54, 1.807) is 6.07 Å². The third-order valence-electron chi connectivity index (χ3n) is 2.86. The fourth-order valence-electron chi connectivity index (χ4n) is 1.69. The van der Waals surface area contributed by atoms with Crippen molar-refractivity contribution in [1.29, 1.82) is 0 Å². The van der Waals surface area contributed by atoms with E-state index in [4.69, 9.17) is 10.3 Å². The number of benzene rings is 1. The van der Waals surface area contributed by atoms with E-state index in [-0.39, 0.29) is 11.9 Å². The number of nitrogens with two attached hydrogens (primary N) is 1. The first-order valence-corrected chi connectivity index (χ1v) is 5.95. The van der Waals surface area contributed by atoms with Crippen LogP contribution in [0.2, 0.25) is 0 Å². The summed E-state index contributed by atoms with van der Waals surface area (Å²) in [6.07, 6.45) is 1.41. The number of aromatic nitrogens is 2. The van der Waals surface area contributed by atoms with Gasteiger partial charge in [0.2, 0.25) is 11.7 Å². The minimum atomic E-state index is -0.270. The van der Waals surface area contributed by atoms with Crippen LogP contribution in [0.3, 0.4) is 0 Å². The lowest BCUT2D eigenvalue weighted by molar-refractivity contribution is 0.368. The molecule has 1 aromatic heterocycles. The lowest BCUT2D eigenvalue weighted by Gasteiger charge is -2.02. The Kier molecular flexibility index (Phi) is 3.72. The van der Waals surface area contributed by atoms with Crippen LogP contribution in [0.25, 0.3) is 11.4 Å². The summed E-state index contributed by atoms with van der Waals surface area (Å²) in [5.74, 6) is 0.724. The maximum absolute atomic E-state index is 13.0. The van der Waals surface area contributed by atoms with Gasteiger partial charge in [-0.15, -0.1) is 0 Å². The molecule has 96 valence electrons. The van der Waals surface area contributed by atoms with Gasteiger partial charge in [-0.1, -0.05) is 12.1 Å². The molecule has 0 radical (unpaired) electrons. The van der Waals surface area contributed by atoms with Gasteiger partial charge in [-0.2, -0.15) is 4.98 Å². The van der Waals surface area contributed by atoms with Crippen LogP contribution in [-0.4, -0.2) is 16.2 Å². The molecule has 1 aromatic carbocycles. The van der Waals surface area contributed by atoms with Crippen molar-refractivity contribution in [2.75, 3.05) is 0 Å². The molecule has 0 aliphatic heterocycles. The van der Waals surface area contributed by atoms with Gasteiger partial charge in [-0.3, -0.25) is 0 Å². The van der Waals surface area contributed by atoms with Crippen molar-refractivity contribution in [3.05, 3.63) is 35.5 Å². The van der Waals surface area contributed by atoms with Crippen molar-refractivity contribution in [2.45, 2.75) is 32.7 Å². The van der Waals surface area contributed by atoms with E-state index in [1.165, 1.54) is 12.1 Å². The minimum absolute atomic E-state index is 0.0209. The summed E-state index contributed by atoms with van der Waals surface area (Å²) in [4.78, 5) is 4.28. The van der Waals surface area contributed by atoms with Crippen LogP contribution in [0.4, 0.5) is 4.39 Å². The Hall–Kier alpha value is -1.75. The molecule has 0 bridgehead atoms. The van der Waals surface area contributed by atoms with Crippen LogP contribution in [-0.2, 0) is 6.42 Å². The second-order valence-electron chi connectivity index (χ2n) is 4.34. The van der Waals surface area contributed by atoms with Crippen LogP contribution in [0, 0.1) is 12.7 Å². The van der Waals surface area contributed by atoms with Crippen molar-refractivity contribution >= 4 is 0 Å². The highest BCUT2D eigenvalue weighted by atomic mass is 19.1. The third kappa shape index (κ3) is 2.73. The van der Waals surface area contributed by atoms with Crippen LogP contribution >= 0.6 is 0 Å². The van der Waals surface area contributed by atoms with Gasteiger partial charge in [0.05, 0.1) is 0 Å². The second kappa shape index (κ2) is 5.27. The minimum Gasteiger partial charge on any atom is -0.339 e. The maximum atomic E-state index is 13.0. The molecule has 1 unspecified atom stereocenters. The monoisotopic (exact) mass is 249 g/mol. The molecule has 2 aromatic rings. The highest BCUT2D eigenvalue weighted by Crippen LogP contribution is 2.21. The molecular formula is C13H16FN3O. The zero-order valence-electron chi connectivity index (χ0n) is 10.5. The highest BCUT2D eigenvalue weighted by molar-refractivity contribution is 5.59. The van der Waals surface area contributed by atoms with E-state index in [0.29, 0.717) is 18.1 Å². The van der Waals surface area contributed by atoms with Crippen molar-refractivity contribution in [2.24, 2.45) is 5.73 Å². The standard InChI is InChI=1S/C13H16FN3O/c1-3-10(15)7-12-16-13(17-18-12)11-5-4-9(14)6-8(11)2/h4-6,10H,3,7,15H2,1-2H3. The van der Waals surface area contributed by atoms with Gasteiger partial charge in [0.15, 0.2) is 0 Å². The predicted molar refractivity (Wildman–Crippen MR) is 66.4 cm³/mol. The molecule has 2 N–H and O–H groups in total. The number of nitrogens with zero attached hydrogens (tertiary/aromatic N) is 2. The first-order valence-electron chi connectivity index (χ1n) is 5.95. The molecule has 0 aliphatic rings. The molecule has 5 heteroatoms. The Morgan fingerprint density at radius 3 is 2.89 bits per heavy atom. The van der Waals surface area contributed by atoms with E-state index >= 15 is 0 Å². The Morgan fingerprint density at radius 1 is 1.44 bits per heavy atom. The van der Waals surface area contributed by atoms with Gasteiger partial charge in [0.25, 0.3) is 0 Å². The Morgan fingerprint density at radius 2 is 2.22 bits per heavy atom. The molecular weight excluding hydrogens is 233 g/mol. The molecule has 2 rings (SSSR count). The maximum Gasteiger partial charge on any atom is 0.228 e. The van der Waals surface area contributed by atoms with Crippen LogP contribution in [0.15, 0.2) is 22.7 Å². The lowest BCUT2D eigenvalue weighted by Crippen LogP contribution is -2.21. The van der Waals surface area contributed by atoms with Crippen LogP contribution < -0.4 is 5.73 Å². The summed E-state index contributed by atoms with van der Waals surface area (Å²) in [7, 11) is 0. The summed E-state index contributed by atoms with van der Waals surface area (Å²) in [6.45, 7) is 3.82. The molecule has 0 fully saturated rings. The summed E-state index contributed by atoms with van der Waals surface area (Å²) < 4.78 is 18.1. The number of halogens is 1. The summed E-state index contributed by atoms with van der Waals surface area (Å²) in [5, 5.41) is 3.90. The first kappa shape index (κ1) is 12.7. The lowest BCUT2D eigenvalue weighted by atomic mass is 10.1. The molecule has 1 atom stereocenters. The molecule has 0 saturated carbocycles. The molecule has 0 amide bonds. The molecule has 18 heavy (non-hydrogen) atoms. The zero-order chi connectivity index (χ0) is 13.1. The van der Waals surface area contributed by atoms with Crippen molar-refractivity contribution in [3.8, 4) is 11.4 Å². The highest BCUT2D eigenvalue weighted by Gasteiger charge is 2.13. The van der Waals surface area contributed by atoms with Gasteiger partial charge in [0, 0.05) is 18.0 Å². The average Bonchev–Trinajstić information content (AvgIpc) is 2.77. The SMILES string of the molecule is CCC(N)Cc1nc(-c2ccc(F)cc2C)no1. The fraction of sp³-hybridized carbons (Fsp3) is 0.385. The summed E-state index contributed by atoms with van der Waals surface area (Å²) in [5.41, 5.74) is 7.38. The normalized spacial score (nSPS) is 12.7. The van der Waals surface area contributed by atoms with E-state index in [1.807, 2.05) is 13.8 Å². The molecule has 1 heterocycles. The number of aryl methyl sites for hydroxylation is 1. The fourth-order valence-corrected chi connectivity index (χ4v) is 1.69. The molecule has 0 spiro atoms. The molecule has 0 saturated heterocycles. The molecule has 4 nitrogen and oxygen atoms in total. The van der Waals surface area contributed by atoms with Gasteiger partial charge < -0.3 is 10.3 Å². The van der Waals surface area contributed by atoms with E-state index in [9.17, 15) is 4.39 Å². The smallest absolute Gasteiger partial charge is 0.228 e. The largest absolute Gasteiger partial charge is 0.339 e. The molecule has 0 aliphatic carbocycles. The Labute approximate surface area is 105 Å². The zero-order valence-corrected chi connectivity index (χ0v) is 10.5. The first-order chi connectivity index (χ1) is 8.60. The Balaban J connectivity index is 2.24. The predicted octanol–water partition coefficient (Wildman–Crippen LogP) is 2.46. The third-order valence-corrected chi connectivity index (χ3v) is 2.86. The number of hydrogen-bond acceptors (Lipinski definition) is 4. The Bertz CT molecular complexity index is 539. The topological polar surface area (TPSA) is 64.9 Å². The van der Waals surface area contributed by atoms with Crippen molar-refractivity contribution in [3.63, 3.8) is 0 Å². The van der Waals surface area contributed by atoms with Gasteiger partial charge >= 0.3 is 0 Å². The average molecular weight is 249 g/mol. The van der Waals surface area contributed by atoms with E-state index in [2.05, 4.69) is 10.1 Å². The summed E-state index contributed by atoms with van der Waals surface area (Å²) in [6, 6.07) is 4.51. The van der Waals surface area contributed by atoms with Crippen molar-refractivity contribution in [1.82, 2.24) is 10.1 Å². The van der Waals surface area contributed by atoms with Gasteiger partial charge in [-0.25, -0.2) is 4.39 Å². The van der Waals surface area contributed by atoms with Gasteiger partial charge in [-0.05, 0) is 37.1 Å². The summed E-state index contributed by atoms with van der Waals surface area (Å²) >= 11 is 0. The number of hydrogen-bond donors (Lipinski definition) is 1.